The molecule has 0 bridgehead atoms. The normalized spacial score (nSPS) is 21.9. The molecule has 39 heavy (non-hydrogen) atoms. The first-order valence-electron chi connectivity index (χ1n) is 14.0. The Morgan fingerprint density at radius 3 is 1.77 bits per heavy atom. The summed E-state index contributed by atoms with van der Waals surface area (Å²) in [6, 6.07) is -4.00. The number of aliphatic hydroxyl groups is 1. The van der Waals surface area contributed by atoms with Crippen molar-refractivity contribution in [3.63, 3.8) is 0 Å². The molecule has 8 atom stereocenters. The quantitative estimate of drug-likeness (QED) is 0.209. The Labute approximate surface area is 233 Å². The summed E-state index contributed by atoms with van der Waals surface area (Å²) in [4.78, 5) is 66.4. The molecule has 4 N–H and O–H groups in total. The Kier molecular flexibility index (Phi) is 13.0. The van der Waals surface area contributed by atoms with Crippen LogP contribution in [0.3, 0.4) is 0 Å². The van der Waals surface area contributed by atoms with Gasteiger partial charge in [0.05, 0.1) is 18.8 Å². The minimum Gasteiger partial charge on any atom is -0.391 e. The van der Waals surface area contributed by atoms with Gasteiger partial charge in [0.15, 0.2) is 5.78 Å². The number of hydrogen-bond acceptors (Lipinski definition) is 7. The van der Waals surface area contributed by atoms with E-state index in [1.165, 1.54) is 18.7 Å². The molecule has 1 aliphatic rings. The van der Waals surface area contributed by atoms with E-state index >= 15 is 0 Å². The van der Waals surface area contributed by atoms with Gasteiger partial charge in [-0.25, -0.2) is 0 Å². The summed E-state index contributed by atoms with van der Waals surface area (Å²) < 4.78 is 5.27. The van der Waals surface area contributed by atoms with E-state index in [1.807, 2.05) is 34.6 Å². The fraction of sp³-hybridized carbons (Fsp3) is 0.821. The third kappa shape index (κ3) is 9.56. The van der Waals surface area contributed by atoms with Crippen LogP contribution in [-0.4, -0.2) is 88.9 Å². The number of nitrogens with zero attached hydrogens (tertiary/aromatic N) is 1. The number of likely N-dealkylation sites (N-methyl/N-ethyl adjacent to an activating group) is 1. The first-order chi connectivity index (χ1) is 18.0. The largest absolute Gasteiger partial charge is 0.391 e. The molecule has 1 rings (SSSR count). The van der Waals surface area contributed by atoms with Gasteiger partial charge in [0.1, 0.15) is 23.7 Å². The monoisotopic (exact) mass is 554 g/mol. The number of Topliss-reactive ketones (excluding diaryl/α,β-unsaturated/α-hetero) is 1. The van der Waals surface area contributed by atoms with E-state index in [-0.39, 0.29) is 36.1 Å². The van der Waals surface area contributed by atoms with Crippen LogP contribution in [0.15, 0.2) is 0 Å². The number of aliphatic hydroxyl groups excluding tert-OH is 1. The van der Waals surface area contributed by atoms with Gasteiger partial charge in [-0.3, -0.25) is 24.0 Å². The van der Waals surface area contributed by atoms with Crippen molar-refractivity contribution < 1.29 is 33.8 Å². The first kappa shape index (κ1) is 34.5. The fourth-order valence-electron chi connectivity index (χ4n) is 4.41. The highest BCUT2D eigenvalue weighted by molar-refractivity contribution is 5.99. The van der Waals surface area contributed by atoms with Gasteiger partial charge in [-0.1, -0.05) is 54.4 Å². The van der Waals surface area contributed by atoms with E-state index in [4.69, 9.17) is 4.74 Å². The number of nitrogens with one attached hydrogen (secondary N) is 3. The van der Waals surface area contributed by atoms with E-state index in [0.717, 1.165) is 0 Å². The number of rotatable bonds is 16. The Morgan fingerprint density at radius 1 is 0.872 bits per heavy atom. The van der Waals surface area contributed by atoms with Crippen molar-refractivity contribution in [1.82, 2.24) is 20.9 Å². The van der Waals surface area contributed by atoms with Crippen molar-refractivity contribution in [1.29, 1.82) is 0 Å². The molecule has 1 aliphatic heterocycles. The van der Waals surface area contributed by atoms with Crippen LogP contribution in [0.2, 0.25) is 0 Å². The van der Waals surface area contributed by atoms with Crippen molar-refractivity contribution in [2.24, 2.45) is 17.8 Å². The van der Waals surface area contributed by atoms with Crippen LogP contribution in [0, 0.1) is 17.8 Å². The van der Waals surface area contributed by atoms with Gasteiger partial charge in [0.25, 0.3) is 0 Å². The lowest BCUT2D eigenvalue weighted by atomic mass is 9.92. The zero-order valence-corrected chi connectivity index (χ0v) is 25.3. The minimum atomic E-state index is -1.36. The molecule has 1 fully saturated rings. The van der Waals surface area contributed by atoms with Crippen molar-refractivity contribution >= 4 is 29.4 Å². The lowest BCUT2D eigenvalue weighted by Gasteiger charge is -2.34. The second-order valence-corrected chi connectivity index (χ2v) is 11.6. The molecular formula is C28H50N4O7. The number of epoxide rings is 1. The first-order valence-corrected chi connectivity index (χ1v) is 14.0. The lowest BCUT2D eigenvalue weighted by Crippen LogP contribution is -2.62. The van der Waals surface area contributed by atoms with Gasteiger partial charge in [0, 0.05) is 14.0 Å². The summed E-state index contributed by atoms with van der Waals surface area (Å²) in [5, 5.41) is 18.5. The standard InChI is InChI=1S/C28H50N4O7/c1-11-16(5)21(30-27(38)23(17(6)12-2)32(10)19(8)34)25(36)31-22(18(7)33)26(37)29-20(13-15(3)4)24(35)28(9)14-39-28/h15-18,20-23,33H,11-14H2,1-10H3,(H,29,37)(H,30,38)(H,31,36)/t16-,17-,18+,20?,21-,22-,23-,28?/m0/s1. The number of carbonyl (C=O) groups excluding carboxylic acids is 5. The molecular weight excluding hydrogens is 504 g/mol. The Hall–Kier alpha value is -2.53. The summed E-state index contributed by atoms with van der Waals surface area (Å²) in [5.74, 6) is -2.73. The van der Waals surface area contributed by atoms with Crippen LogP contribution < -0.4 is 16.0 Å². The molecule has 0 aromatic heterocycles. The maximum Gasteiger partial charge on any atom is 0.245 e. The van der Waals surface area contributed by atoms with Crippen LogP contribution in [0.1, 0.15) is 81.6 Å². The van der Waals surface area contributed by atoms with E-state index in [1.54, 1.807) is 20.9 Å². The van der Waals surface area contributed by atoms with E-state index in [2.05, 4.69) is 16.0 Å². The Morgan fingerprint density at radius 2 is 1.36 bits per heavy atom. The van der Waals surface area contributed by atoms with Crippen LogP contribution in [-0.2, 0) is 28.7 Å². The van der Waals surface area contributed by atoms with Crippen molar-refractivity contribution in [3.05, 3.63) is 0 Å². The van der Waals surface area contributed by atoms with Gasteiger partial charge < -0.3 is 30.7 Å². The minimum absolute atomic E-state index is 0.0952. The third-order valence-corrected chi connectivity index (χ3v) is 7.66. The fourth-order valence-corrected chi connectivity index (χ4v) is 4.41. The SMILES string of the molecule is CC[C@H](C)[C@H](NC(=O)[C@H]([C@@H](C)CC)N(C)C(C)=O)C(=O)N[C@H](C(=O)NC(CC(C)C)C(=O)C1(C)CO1)[C@@H](C)O. The van der Waals surface area contributed by atoms with E-state index in [0.29, 0.717) is 19.3 Å². The molecule has 0 spiro atoms. The highest BCUT2D eigenvalue weighted by atomic mass is 16.6. The molecule has 224 valence electrons. The number of hydrogen-bond donors (Lipinski definition) is 4. The highest BCUT2D eigenvalue weighted by Crippen LogP contribution is 2.29. The zero-order chi connectivity index (χ0) is 30.2. The summed E-state index contributed by atoms with van der Waals surface area (Å²) in [6.07, 6.45) is 0.280. The molecule has 11 heteroatoms. The molecule has 1 heterocycles. The Balaban J connectivity index is 3.15. The third-order valence-electron chi connectivity index (χ3n) is 7.66. The second kappa shape index (κ2) is 14.7. The summed E-state index contributed by atoms with van der Waals surface area (Å²) in [5.41, 5.74) is -0.943. The predicted octanol–water partition coefficient (Wildman–Crippen LogP) is 1.16. The van der Waals surface area contributed by atoms with E-state index in [9.17, 15) is 29.1 Å². The van der Waals surface area contributed by atoms with Crippen molar-refractivity contribution in [2.75, 3.05) is 13.7 Å². The number of ether oxygens (including phenoxy) is 1. The average molecular weight is 555 g/mol. The number of carbonyl (C=O) groups is 5. The second-order valence-electron chi connectivity index (χ2n) is 11.6. The zero-order valence-electron chi connectivity index (χ0n) is 25.3. The maximum atomic E-state index is 13.4. The number of amides is 4. The van der Waals surface area contributed by atoms with Crippen molar-refractivity contribution in [3.8, 4) is 0 Å². The van der Waals surface area contributed by atoms with E-state index < -0.39 is 53.6 Å². The van der Waals surface area contributed by atoms with Gasteiger partial charge in [-0.2, -0.15) is 0 Å². The van der Waals surface area contributed by atoms with Crippen LogP contribution in [0.4, 0.5) is 0 Å². The van der Waals surface area contributed by atoms with Crippen LogP contribution >= 0.6 is 0 Å². The molecule has 1 saturated heterocycles. The molecule has 0 aromatic rings. The van der Waals surface area contributed by atoms with Gasteiger partial charge in [0.2, 0.25) is 23.6 Å². The van der Waals surface area contributed by atoms with Crippen LogP contribution in [0.5, 0.6) is 0 Å². The molecule has 2 unspecified atom stereocenters. The average Bonchev–Trinajstić information content (AvgIpc) is 3.61. The Bertz CT molecular complexity index is 887. The summed E-state index contributed by atoms with van der Waals surface area (Å²) in [7, 11) is 1.55. The molecule has 11 nitrogen and oxygen atoms in total. The summed E-state index contributed by atoms with van der Waals surface area (Å²) >= 11 is 0. The maximum absolute atomic E-state index is 13.4. The lowest BCUT2D eigenvalue weighted by molar-refractivity contribution is -0.141. The highest BCUT2D eigenvalue weighted by Gasteiger charge is 2.50. The molecule has 0 aliphatic carbocycles. The smallest absolute Gasteiger partial charge is 0.245 e. The molecule has 0 aromatic carbocycles. The van der Waals surface area contributed by atoms with Gasteiger partial charge >= 0.3 is 0 Å². The van der Waals surface area contributed by atoms with Gasteiger partial charge in [-0.15, -0.1) is 0 Å². The van der Waals surface area contributed by atoms with Crippen molar-refractivity contribution in [2.45, 2.75) is 117 Å². The topological polar surface area (TPSA) is 157 Å². The predicted molar refractivity (Wildman–Crippen MR) is 147 cm³/mol. The summed E-state index contributed by atoms with van der Waals surface area (Å²) in [6.45, 7) is 16.0. The van der Waals surface area contributed by atoms with Crippen LogP contribution in [0.25, 0.3) is 0 Å². The molecule has 0 radical (unpaired) electrons. The number of ketones is 1. The molecule has 4 amide bonds. The molecule has 0 saturated carbocycles. The van der Waals surface area contributed by atoms with Gasteiger partial charge in [-0.05, 0) is 38.0 Å².